The van der Waals surface area contributed by atoms with E-state index < -0.39 is 0 Å². The highest BCUT2D eigenvalue weighted by atomic mass is 16.5. The molecule has 0 amide bonds. The first-order chi connectivity index (χ1) is 12.3. The summed E-state index contributed by atoms with van der Waals surface area (Å²) in [6, 6.07) is 0. The summed E-state index contributed by atoms with van der Waals surface area (Å²) in [7, 11) is 0. The summed E-state index contributed by atoms with van der Waals surface area (Å²) < 4.78 is 4.84. The van der Waals surface area contributed by atoms with Gasteiger partial charge in [-0.15, -0.1) is 0 Å². The van der Waals surface area contributed by atoms with E-state index in [0.717, 1.165) is 19.3 Å². The third-order valence-corrected chi connectivity index (χ3v) is 4.69. The average Bonchev–Trinajstić information content (AvgIpc) is 2.63. The molecule has 0 N–H and O–H groups in total. The molecule has 0 atom stereocenters. The molecule has 0 unspecified atom stereocenters. The van der Waals surface area contributed by atoms with E-state index in [0.29, 0.717) is 0 Å². The summed E-state index contributed by atoms with van der Waals surface area (Å²) in [5.74, 6) is -0.357. The number of ether oxygens (including phenoxy) is 1. The Morgan fingerprint density at radius 2 is 1.00 bits per heavy atom. The first kappa shape index (κ1) is 24.2. The fraction of sp³-hybridized carbons (Fsp3) is 0.783. The topological polar surface area (TPSA) is 26.3 Å². The molecule has 0 spiro atoms. The summed E-state index contributed by atoms with van der Waals surface area (Å²) in [5, 5.41) is 0. The highest BCUT2D eigenvalue weighted by Gasteiger charge is 1.97. The average molecular weight is 351 g/mol. The van der Waals surface area contributed by atoms with Crippen molar-refractivity contribution in [2.24, 2.45) is 0 Å². The van der Waals surface area contributed by atoms with Crippen molar-refractivity contribution in [3.8, 4) is 0 Å². The quantitative estimate of drug-likeness (QED) is 0.127. The molecule has 0 saturated heterocycles. The summed E-state index contributed by atoms with van der Waals surface area (Å²) >= 11 is 0. The summed E-state index contributed by atoms with van der Waals surface area (Å²) in [6.45, 7) is 8.86. The van der Waals surface area contributed by atoms with Crippen molar-refractivity contribution >= 4 is 5.97 Å². The van der Waals surface area contributed by atoms with E-state index in [1.54, 1.807) is 6.61 Å². The van der Waals surface area contributed by atoms with Crippen LogP contribution in [0.3, 0.4) is 0 Å². The Morgan fingerprint density at radius 1 is 0.640 bits per heavy atom. The lowest BCUT2D eigenvalue weighted by Gasteiger charge is -2.04. The standard InChI is InChI=1S/C23H42O2/c1-3-5-6-7-8-9-10-11-12-13-14-15-16-17-18-19-20-21-22-25-23(24)4-2/h4,22H,1-3,5-21H2. The van der Waals surface area contributed by atoms with Crippen LogP contribution in [0.4, 0.5) is 0 Å². The second kappa shape index (κ2) is 21.3. The van der Waals surface area contributed by atoms with Crippen LogP contribution in [0, 0.1) is 13.5 Å². The van der Waals surface area contributed by atoms with E-state index in [1.165, 1.54) is 102 Å². The van der Waals surface area contributed by atoms with E-state index in [9.17, 15) is 4.79 Å². The van der Waals surface area contributed by atoms with E-state index in [4.69, 9.17) is 4.74 Å². The number of hydrogen-bond acceptors (Lipinski definition) is 2. The molecule has 0 aromatic rings. The lowest BCUT2D eigenvalue weighted by Crippen LogP contribution is -1.96. The van der Waals surface area contributed by atoms with Crippen LogP contribution in [0.1, 0.15) is 116 Å². The predicted molar refractivity (Wildman–Crippen MR) is 109 cm³/mol. The smallest absolute Gasteiger partial charge is 0.330 e. The Morgan fingerprint density at radius 3 is 1.36 bits per heavy atom. The SMILES string of the molecule is [CH2]CCCCCCCCCCCCCCCCCC[CH]OC(=O)C=C. The van der Waals surface area contributed by atoms with Crippen molar-refractivity contribution < 1.29 is 9.53 Å². The van der Waals surface area contributed by atoms with Gasteiger partial charge >= 0.3 is 5.97 Å². The zero-order valence-corrected chi connectivity index (χ0v) is 16.6. The molecule has 2 radical (unpaired) electrons. The molecule has 0 fully saturated rings. The number of carbonyl (C=O) groups is 1. The van der Waals surface area contributed by atoms with Gasteiger partial charge in [0.05, 0.1) is 0 Å². The zero-order chi connectivity index (χ0) is 18.4. The molecule has 0 aromatic heterocycles. The molecule has 0 aromatic carbocycles. The molecule has 25 heavy (non-hydrogen) atoms. The third kappa shape index (κ3) is 21.2. The van der Waals surface area contributed by atoms with Crippen molar-refractivity contribution in [1.29, 1.82) is 0 Å². The number of carbonyl (C=O) groups excluding carboxylic acids is 1. The molecule has 2 heteroatoms. The van der Waals surface area contributed by atoms with E-state index in [2.05, 4.69) is 13.5 Å². The Kier molecular flexibility index (Phi) is 20.6. The normalized spacial score (nSPS) is 10.8. The van der Waals surface area contributed by atoms with Gasteiger partial charge in [0.2, 0.25) is 0 Å². The summed E-state index contributed by atoms with van der Waals surface area (Å²) in [4.78, 5) is 10.8. The van der Waals surface area contributed by atoms with Gasteiger partial charge in [0.15, 0.2) is 0 Å². The zero-order valence-electron chi connectivity index (χ0n) is 16.6. The van der Waals surface area contributed by atoms with Crippen LogP contribution in [0.25, 0.3) is 0 Å². The van der Waals surface area contributed by atoms with Gasteiger partial charge < -0.3 is 4.74 Å². The third-order valence-electron chi connectivity index (χ3n) is 4.69. The molecule has 0 aliphatic carbocycles. The van der Waals surface area contributed by atoms with Crippen LogP contribution in [0.2, 0.25) is 0 Å². The Labute approximate surface area is 157 Å². The van der Waals surface area contributed by atoms with Gasteiger partial charge in [0, 0.05) is 6.08 Å². The second-order valence-electron chi connectivity index (χ2n) is 7.11. The van der Waals surface area contributed by atoms with Crippen LogP contribution < -0.4 is 0 Å². The van der Waals surface area contributed by atoms with Crippen molar-refractivity contribution in [3.05, 3.63) is 26.2 Å². The molecule has 146 valence electrons. The fourth-order valence-electron chi connectivity index (χ4n) is 3.07. The molecule has 0 rings (SSSR count). The lowest BCUT2D eigenvalue weighted by molar-refractivity contribution is -0.134. The molecule has 0 saturated carbocycles. The van der Waals surface area contributed by atoms with Gasteiger partial charge in [-0.1, -0.05) is 116 Å². The minimum Gasteiger partial charge on any atom is -0.455 e. The molecule has 0 bridgehead atoms. The maximum Gasteiger partial charge on any atom is 0.330 e. The van der Waals surface area contributed by atoms with Crippen LogP contribution in [0.15, 0.2) is 12.7 Å². The van der Waals surface area contributed by atoms with Crippen LogP contribution in [0.5, 0.6) is 0 Å². The second-order valence-corrected chi connectivity index (χ2v) is 7.11. The predicted octanol–water partition coefficient (Wildman–Crippen LogP) is 7.73. The Hall–Kier alpha value is -0.790. The van der Waals surface area contributed by atoms with Gasteiger partial charge in [0.1, 0.15) is 6.61 Å². The van der Waals surface area contributed by atoms with E-state index >= 15 is 0 Å². The first-order valence-corrected chi connectivity index (χ1v) is 10.7. The van der Waals surface area contributed by atoms with E-state index in [-0.39, 0.29) is 5.97 Å². The van der Waals surface area contributed by atoms with Gasteiger partial charge in [-0.25, -0.2) is 4.79 Å². The van der Waals surface area contributed by atoms with Crippen LogP contribution >= 0.6 is 0 Å². The monoisotopic (exact) mass is 350 g/mol. The minimum atomic E-state index is -0.357. The van der Waals surface area contributed by atoms with Gasteiger partial charge in [0.25, 0.3) is 0 Å². The number of esters is 1. The maximum atomic E-state index is 10.8. The number of hydrogen-bond donors (Lipinski definition) is 0. The fourth-order valence-corrected chi connectivity index (χ4v) is 3.07. The number of unbranched alkanes of at least 4 members (excludes halogenated alkanes) is 17. The molecule has 2 nitrogen and oxygen atoms in total. The highest BCUT2D eigenvalue weighted by molar-refractivity contribution is 5.81. The Balaban J connectivity index is 3.00. The van der Waals surface area contributed by atoms with Crippen molar-refractivity contribution in [2.75, 3.05) is 0 Å². The van der Waals surface area contributed by atoms with Crippen LogP contribution in [-0.4, -0.2) is 5.97 Å². The molecule has 0 heterocycles. The van der Waals surface area contributed by atoms with Crippen molar-refractivity contribution in [1.82, 2.24) is 0 Å². The molecule has 0 aliphatic heterocycles. The van der Waals surface area contributed by atoms with Gasteiger partial charge in [-0.05, 0) is 12.8 Å². The first-order valence-electron chi connectivity index (χ1n) is 10.7. The minimum absolute atomic E-state index is 0.357. The summed E-state index contributed by atoms with van der Waals surface area (Å²) in [5.41, 5.74) is 0. The Bertz CT molecular complexity index is 286. The van der Waals surface area contributed by atoms with Crippen LogP contribution in [-0.2, 0) is 9.53 Å². The number of rotatable bonds is 20. The van der Waals surface area contributed by atoms with Gasteiger partial charge in [-0.3, -0.25) is 0 Å². The largest absolute Gasteiger partial charge is 0.455 e. The highest BCUT2D eigenvalue weighted by Crippen LogP contribution is 2.14. The molecular formula is C23H42O2. The maximum absolute atomic E-state index is 10.8. The molecular weight excluding hydrogens is 308 g/mol. The van der Waals surface area contributed by atoms with Crippen molar-refractivity contribution in [3.63, 3.8) is 0 Å². The summed E-state index contributed by atoms with van der Waals surface area (Å²) in [6.07, 6.45) is 25.0. The van der Waals surface area contributed by atoms with Crippen molar-refractivity contribution in [2.45, 2.75) is 116 Å². The molecule has 0 aliphatic rings. The van der Waals surface area contributed by atoms with Gasteiger partial charge in [-0.2, -0.15) is 0 Å². The lowest BCUT2D eigenvalue weighted by atomic mass is 10.0. The van der Waals surface area contributed by atoms with E-state index in [1.807, 2.05) is 0 Å².